The normalized spacial score (nSPS) is 10.1. The number of nitrogens with one attached hydrogen (secondary N) is 2. The highest BCUT2D eigenvalue weighted by Crippen LogP contribution is 2.15. The smallest absolute Gasteiger partial charge is 0.263 e. The van der Waals surface area contributed by atoms with Crippen LogP contribution in [0.1, 0.15) is 13.3 Å². The molecule has 0 unspecified atom stereocenters. The number of halogens is 1. The molecule has 0 radical (unpaired) electrons. The van der Waals surface area contributed by atoms with Gasteiger partial charge in [0.05, 0.1) is 0 Å². The van der Waals surface area contributed by atoms with E-state index in [1.54, 1.807) is 36.4 Å². The molecule has 0 aliphatic carbocycles. The predicted molar refractivity (Wildman–Crippen MR) is 86.4 cm³/mol. The number of aromatic nitrogens is 2. The van der Waals surface area contributed by atoms with Crippen molar-refractivity contribution in [2.45, 2.75) is 13.3 Å². The standard InChI is InChI=1S/C15H17ClN4O2/c1-2-9-17-13-7-8-14(20-19-13)18-15(21)10-22-12-5-3-11(16)4-6-12/h3-8H,2,9-10H2,1H3,(H,17,19)(H,18,20,21). The molecule has 0 bridgehead atoms. The van der Waals surface area contributed by atoms with E-state index in [1.807, 2.05) is 0 Å². The number of benzene rings is 1. The Balaban J connectivity index is 1.80. The molecule has 0 saturated carbocycles. The first-order valence-corrected chi connectivity index (χ1v) is 7.31. The minimum atomic E-state index is -0.307. The maximum Gasteiger partial charge on any atom is 0.263 e. The average Bonchev–Trinajstić information content (AvgIpc) is 2.54. The van der Waals surface area contributed by atoms with E-state index in [-0.39, 0.29) is 12.5 Å². The second kappa shape index (κ2) is 8.19. The van der Waals surface area contributed by atoms with Crippen LogP contribution in [0.4, 0.5) is 11.6 Å². The molecule has 0 aliphatic rings. The number of carbonyl (C=O) groups is 1. The number of anilines is 2. The van der Waals surface area contributed by atoms with E-state index in [9.17, 15) is 4.79 Å². The van der Waals surface area contributed by atoms with Crippen molar-refractivity contribution < 1.29 is 9.53 Å². The summed E-state index contributed by atoms with van der Waals surface area (Å²) in [7, 11) is 0. The van der Waals surface area contributed by atoms with Gasteiger partial charge in [0, 0.05) is 11.6 Å². The van der Waals surface area contributed by atoms with Crippen LogP contribution in [0.15, 0.2) is 36.4 Å². The third-order valence-corrected chi connectivity index (χ3v) is 2.92. The maximum absolute atomic E-state index is 11.8. The third kappa shape index (κ3) is 5.21. The van der Waals surface area contributed by atoms with Gasteiger partial charge in [-0.15, -0.1) is 10.2 Å². The van der Waals surface area contributed by atoms with Gasteiger partial charge in [-0.2, -0.15) is 0 Å². The number of ether oxygens (including phenoxy) is 1. The summed E-state index contributed by atoms with van der Waals surface area (Å²) in [5.41, 5.74) is 0. The molecule has 2 rings (SSSR count). The van der Waals surface area contributed by atoms with Gasteiger partial charge in [0.15, 0.2) is 12.4 Å². The zero-order valence-corrected chi connectivity index (χ0v) is 12.9. The molecule has 2 aromatic rings. The van der Waals surface area contributed by atoms with Crippen LogP contribution in [0.3, 0.4) is 0 Å². The molecule has 6 nitrogen and oxygen atoms in total. The Kier molecular flexibility index (Phi) is 5.97. The van der Waals surface area contributed by atoms with Crippen molar-refractivity contribution in [3.05, 3.63) is 41.4 Å². The van der Waals surface area contributed by atoms with Crippen LogP contribution >= 0.6 is 11.6 Å². The number of nitrogens with zero attached hydrogens (tertiary/aromatic N) is 2. The Morgan fingerprint density at radius 2 is 1.82 bits per heavy atom. The minimum absolute atomic E-state index is 0.112. The first-order chi connectivity index (χ1) is 10.7. The van der Waals surface area contributed by atoms with Crippen LogP contribution in [-0.4, -0.2) is 29.3 Å². The van der Waals surface area contributed by atoms with E-state index >= 15 is 0 Å². The van der Waals surface area contributed by atoms with Crippen LogP contribution in [0.2, 0.25) is 5.02 Å². The third-order valence-electron chi connectivity index (χ3n) is 2.67. The number of hydrogen-bond donors (Lipinski definition) is 2. The lowest BCUT2D eigenvalue weighted by Crippen LogP contribution is -2.21. The van der Waals surface area contributed by atoms with Gasteiger partial charge in [-0.25, -0.2) is 0 Å². The fourth-order valence-electron chi connectivity index (χ4n) is 1.60. The molecule has 116 valence electrons. The molecule has 1 heterocycles. The lowest BCUT2D eigenvalue weighted by Gasteiger charge is -2.07. The van der Waals surface area contributed by atoms with Gasteiger partial charge in [-0.05, 0) is 42.8 Å². The van der Waals surface area contributed by atoms with Crippen LogP contribution in [-0.2, 0) is 4.79 Å². The highest BCUT2D eigenvalue weighted by atomic mass is 35.5. The molecule has 2 N–H and O–H groups in total. The molecule has 0 spiro atoms. The van der Waals surface area contributed by atoms with Crippen molar-refractivity contribution in [3.8, 4) is 5.75 Å². The summed E-state index contributed by atoms with van der Waals surface area (Å²) < 4.78 is 5.34. The van der Waals surface area contributed by atoms with E-state index in [0.29, 0.717) is 22.4 Å². The number of rotatable bonds is 7. The molecule has 1 amide bonds. The van der Waals surface area contributed by atoms with Gasteiger partial charge in [0.2, 0.25) is 0 Å². The van der Waals surface area contributed by atoms with Gasteiger partial charge >= 0.3 is 0 Å². The second-order valence-corrected chi connectivity index (χ2v) is 4.96. The van der Waals surface area contributed by atoms with Crippen LogP contribution in [0.25, 0.3) is 0 Å². The van der Waals surface area contributed by atoms with E-state index < -0.39 is 0 Å². The first kappa shape index (κ1) is 16.0. The maximum atomic E-state index is 11.8. The zero-order chi connectivity index (χ0) is 15.8. The Morgan fingerprint density at radius 3 is 2.45 bits per heavy atom. The van der Waals surface area contributed by atoms with Gasteiger partial charge in [0.1, 0.15) is 11.6 Å². The summed E-state index contributed by atoms with van der Waals surface area (Å²) in [5.74, 6) is 1.33. The summed E-state index contributed by atoms with van der Waals surface area (Å²) in [4.78, 5) is 11.8. The number of hydrogen-bond acceptors (Lipinski definition) is 5. The van der Waals surface area contributed by atoms with Gasteiger partial charge < -0.3 is 15.4 Å². The summed E-state index contributed by atoms with van der Waals surface area (Å²) in [6.07, 6.45) is 1.00. The Bertz CT molecular complexity index is 602. The summed E-state index contributed by atoms with van der Waals surface area (Å²) in [6, 6.07) is 10.2. The largest absolute Gasteiger partial charge is 0.484 e. The topological polar surface area (TPSA) is 76.1 Å². The summed E-state index contributed by atoms with van der Waals surface area (Å²) in [5, 5.41) is 14.2. The van der Waals surface area contributed by atoms with Crippen molar-refractivity contribution in [3.63, 3.8) is 0 Å². The van der Waals surface area contributed by atoms with E-state index in [1.165, 1.54) is 0 Å². The Labute approximate surface area is 133 Å². The van der Waals surface area contributed by atoms with Crippen LogP contribution in [0.5, 0.6) is 5.75 Å². The molecule has 22 heavy (non-hydrogen) atoms. The number of carbonyl (C=O) groups excluding carboxylic acids is 1. The quantitative estimate of drug-likeness (QED) is 0.820. The molecule has 0 saturated heterocycles. The van der Waals surface area contributed by atoms with E-state index in [0.717, 1.165) is 13.0 Å². The zero-order valence-electron chi connectivity index (χ0n) is 12.2. The van der Waals surface area contributed by atoms with E-state index in [4.69, 9.17) is 16.3 Å². The van der Waals surface area contributed by atoms with Crippen molar-refractivity contribution in [2.24, 2.45) is 0 Å². The van der Waals surface area contributed by atoms with Crippen LogP contribution < -0.4 is 15.4 Å². The molecule has 1 aromatic carbocycles. The monoisotopic (exact) mass is 320 g/mol. The lowest BCUT2D eigenvalue weighted by atomic mass is 10.3. The van der Waals surface area contributed by atoms with E-state index in [2.05, 4.69) is 27.8 Å². The molecular formula is C15H17ClN4O2. The van der Waals surface area contributed by atoms with Gasteiger partial charge in [-0.3, -0.25) is 4.79 Å². The molecule has 1 aromatic heterocycles. The highest BCUT2D eigenvalue weighted by Gasteiger charge is 2.05. The molecule has 0 atom stereocenters. The van der Waals surface area contributed by atoms with Crippen LogP contribution in [0, 0.1) is 0 Å². The minimum Gasteiger partial charge on any atom is -0.484 e. The SMILES string of the molecule is CCCNc1ccc(NC(=O)COc2ccc(Cl)cc2)nn1. The van der Waals surface area contributed by atoms with Crippen molar-refractivity contribution in [1.82, 2.24) is 10.2 Å². The van der Waals surface area contributed by atoms with Gasteiger partial charge in [-0.1, -0.05) is 18.5 Å². The fourth-order valence-corrected chi connectivity index (χ4v) is 1.73. The summed E-state index contributed by atoms with van der Waals surface area (Å²) >= 11 is 5.77. The molecule has 7 heteroatoms. The molecular weight excluding hydrogens is 304 g/mol. The Morgan fingerprint density at radius 1 is 1.14 bits per heavy atom. The van der Waals surface area contributed by atoms with Crippen molar-refractivity contribution in [1.29, 1.82) is 0 Å². The average molecular weight is 321 g/mol. The van der Waals surface area contributed by atoms with Crippen molar-refractivity contribution in [2.75, 3.05) is 23.8 Å². The van der Waals surface area contributed by atoms with Gasteiger partial charge in [0.25, 0.3) is 5.91 Å². The second-order valence-electron chi connectivity index (χ2n) is 4.52. The lowest BCUT2D eigenvalue weighted by molar-refractivity contribution is -0.118. The van der Waals surface area contributed by atoms with Crippen molar-refractivity contribution >= 4 is 29.1 Å². The predicted octanol–water partition coefficient (Wildman–Crippen LogP) is 2.97. The first-order valence-electron chi connectivity index (χ1n) is 6.93. The molecule has 0 fully saturated rings. The number of amides is 1. The fraction of sp³-hybridized carbons (Fsp3) is 0.267. The summed E-state index contributed by atoms with van der Waals surface area (Å²) in [6.45, 7) is 2.78. The Hall–Kier alpha value is -2.34. The molecule has 0 aliphatic heterocycles. The highest BCUT2D eigenvalue weighted by molar-refractivity contribution is 6.30.